The number of carboxylic acids is 2. The standard InChI is InChI=1S/C17H30N4O8S/c1-4-7(2)12(20-14(25)9(18)5-11(23)24)15(26)21-13(8(3)22)16(27)19-10(6-30)17(28)29/h7-10,12-13,22,30H,4-6,18H2,1-3H3,(H,19,27)(H,20,25)(H,21,26)(H,23,24)(H,28,29). The third kappa shape index (κ3) is 8.97. The number of carbonyl (C=O) groups is 5. The Balaban J connectivity index is 5.41. The van der Waals surface area contributed by atoms with Crippen molar-refractivity contribution in [3.8, 4) is 0 Å². The maximum atomic E-state index is 12.7. The van der Waals surface area contributed by atoms with E-state index in [-0.39, 0.29) is 5.75 Å². The lowest BCUT2D eigenvalue weighted by Crippen LogP contribution is -2.61. The lowest BCUT2D eigenvalue weighted by Gasteiger charge is -2.28. The molecule has 3 amide bonds. The number of aliphatic hydroxyl groups is 1. The van der Waals surface area contributed by atoms with Crippen LogP contribution in [0.1, 0.15) is 33.6 Å². The van der Waals surface area contributed by atoms with Gasteiger partial charge >= 0.3 is 11.9 Å². The highest BCUT2D eigenvalue weighted by Gasteiger charge is 2.34. The first kappa shape index (κ1) is 27.6. The summed E-state index contributed by atoms with van der Waals surface area (Å²) in [7, 11) is 0. The highest BCUT2D eigenvalue weighted by molar-refractivity contribution is 7.80. The smallest absolute Gasteiger partial charge is 0.327 e. The van der Waals surface area contributed by atoms with Crippen LogP contribution in [0, 0.1) is 5.92 Å². The van der Waals surface area contributed by atoms with Crippen molar-refractivity contribution in [1.82, 2.24) is 16.0 Å². The molecule has 0 aromatic carbocycles. The average molecular weight is 451 g/mol. The van der Waals surface area contributed by atoms with Gasteiger partial charge in [-0.3, -0.25) is 19.2 Å². The van der Waals surface area contributed by atoms with Gasteiger partial charge in [0.15, 0.2) is 0 Å². The summed E-state index contributed by atoms with van der Waals surface area (Å²) in [5.74, 6) is -5.90. The van der Waals surface area contributed by atoms with Crippen molar-refractivity contribution in [2.24, 2.45) is 11.7 Å². The second-order valence-electron chi connectivity index (χ2n) is 6.88. The first-order valence-electron chi connectivity index (χ1n) is 9.25. The molecule has 0 aromatic heterocycles. The molecule has 0 rings (SSSR count). The summed E-state index contributed by atoms with van der Waals surface area (Å²) in [5.41, 5.74) is 5.51. The van der Waals surface area contributed by atoms with E-state index < -0.39 is 72.3 Å². The molecule has 0 aliphatic carbocycles. The summed E-state index contributed by atoms with van der Waals surface area (Å²) < 4.78 is 0. The lowest BCUT2D eigenvalue weighted by molar-refractivity contribution is -0.142. The Morgan fingerprint density at radius 1 is 0.933 bits per heavy atom. The molecule has 0 saturated carbocycles. The Hall–Kier alpha value is -2.38. The molecule has 0 radical (unpaired) electrons. The Bertz CT molecular complexity index is 645. The highest BCUT2D eigenvalue weighted by atomic mass is 32.1. The number of hydrogen-bond donors (Lipinski definition) is 8. The van der Waals surface area contributed by atoms with Gasteiger partial charge < -0.3 is 37.0 Å². The van der Waals surface area contributed by atoms with Gasteiger partial charge in [0.1, 0.15) is 18.1 Å². The summed E-state index contributed by atoms with van der Waals surface area (Å²) in [4.78, 5) is 59.0. The number of carbonyl (C=O) groups excluding carboxylic acids is 3. The van der Waals surface area contributed by atoms with E-state index in [0.29, 0.717) is 6.42 Å². The first-order chi connectivity index (χ1) is 13.8. The molecule has 30 heavy (non-hydrogen) atoms. The van der Waals surface area contributed by atoms with E-state index in [0.717, 1.165) is 0 Å². The molecule has 8 N–H and O–H groups in total. The number of hydrogen-bond acceptors (Lipinski definition) is 8. The summed E-state index contributed by atoms with van der Waals surface area (Å²) >= 11 is 3.83. The zero-order chi connectivity index (χ0) is 23.6. The highest BCUT2D eigenvalue weighted by Crippen LogP contribution is 2.10. The Kier molecular flexibility index (Phi) is 12.0. The van der Waals surface area contributed by atoms with Crippen molar-refractivity contribution in [3.05, 3.63) is 0 Å². The second kappa shape index (κ2) is 13.0. The molecule has 0 aliphatic heterocycles. The summed E-state index contributed by atoms with van der Waals surface area (Å²) in [6, 6.07) is -5.39. The van der Waals surface area contributed by atoms with E-state index in [1.807, 2.05) is 0 Å². The van der Waals surface area contributed by atoms with Crippen molar-refractivity contribution < 1.29 is 39.3 Å². The number of carboxylic acid groups (broad SMARTS) is 2. The van der Waals surface area contributed by atoms with E-state index in [1.165, 1.54) is 6.92 Å². The minimum atomic E-state index is -1.50. The molecule has 6 unspecified atom stereocenters. The van der Waals surface area contributed by atoms with E-state index in [4.69, 9.17) is 15.9 Å². The van der Waals surface area contributed by atoms with Crippen LogP contribution < -0.4 is 21.7 Å². The van der Waals surface area contributed by atoms with Crippen LogP contribution in [0.4, 0.5) is 0 Å². The normalized spacial score (nSPS) is 16.9. The maximum Gasteiger partial charge on any atom is 0.327 e. The van der Waals surface area contributed by atoms with Crippen LogP contribution in [-0.4, -0.2) is 81.0 Å². The number of aliphatic hydroxyl groups excluding tert-OH is 1. The number of aliphatic carboxylic acids is 2. The predicted molar refractivity (Wildman–Crippen MR) is 109 cm³/mol. The van der Waals surface area contributed by atoms with Crippen molar-refractivity contribution in [1.29, 1.82) is 0 Å². The molecule has 0 aliphatic rings. The van der Waals surface area contributed by atoms with Gasteiger partial charge in [0.25, 0.3) is 0 Å². The molecular weight excluding hydrogens is 420 g/mol. The average Bonchev–Trinajstić information content (AvgIpc) is 2.65. The van der Waals surface area contributed by atoms with Crippen molar-refractivity contribution in [2.45, 2.75) is 63.9 Å². The summed E-state index contributed by atoms with van der Waals surface area (Å²) in [5, 5.41) is 34.5. The SMILES string of the molecule is CCC(C)C(NC(=O)C(N)CC(=O)O)C(=O)NC(C(=O)NC(CS)C(=O)O)C(C)O. The van der Waals surface area contributed by atoms with E-state index in [2.05, 4.69) is 28.6 Å². The molecule has 0 heterocycles. The van der Waals surface area contributed by atoms with Crippen molar-refractivity contribution in [3.63, 3.8) is 0 Å². The number of nitrogens with one attached hydrogen (secondary N) is 3. The molecule has 0 fully saturated rings. The molecule has 0 saturated heterocycles. The van der Waals surface area contributed by atoms with Crippen LogP contribution in [0.3, 0.4) is 0 Å². The monoisotopic (exact) mass is 450 g/mol. The third-order valence-corrected chi connectivity index (χ3v) is 4.75. The van der Waals surface area contributed by atoms with Gasteiger partial charge in [0.05, 0.1) is 18.6 Å². The van der Waals surface area contributed by atoms with Gasteiger partial charge in [0.2, 0.25) is 17.7 Å². The van der Waals surface area contributed by atoms with Gasteiger partial charge in [-0.25, -0.2) is 4.79 Å². The lowest BCUT2D eigenvalue weighted by atomic mass is 9.97. The van der Waals surface area contributed by atoms with Crippen LogP contribution >= 0.6 is 12.6 Å². The number of nitrogens with two attached hydrogens (primary N) is 1. The Labute approximate surface area is 179 Å². The van der Waals surface area contributed by atoms with Crippen LogP contribution in [0.15, 0.2) is 0 Å². The topological polar surface area (TPSA) is 208 Å². The van der Waals surface area contributed by atoms with Gasteiger partial charge in [-0.05, 0) is 12.8 Å². The largest absolute Gasteiger partial charge is 0.481 e. The third-order valence-electron chi connectivity index (χ3n) is 4.38. The zero-order valence-corrected chi connectivity index (χ0v) is 17.9. The summed E-state index contributed by atoms with van der Waals surface area (Å²) in [6.45, 7) is 4.62. The molecule has 12 nitrogen and oxygen atoms in total. The fourth-order valence-corrected chi connectivity index (χ4v) is 2.59. The van der Waals surface area contributed by atoms with Crippen LogP contribution in [0.2, 0.25) is 0 Å². The quantitative estimate of drug-likeness (QED) is 0.141. The molecular formula is C17H30N4O8S. The molecule has 172 valence electrons. The van der Waals surface area contributed by atoms with Crippen LogP contribution in [0.25, 0.3) is 0 Å². The molecule has 13 heteroatoms. The fourth-order valence-electron chi connectivity index (χ4n) is 2.34. The number of amides is 3. The van der Waals surface area contributed by atoms with E-state index >= 15 is 0 Å². The maximum absolute atomic E-state index is 12.7. The second-order valence-corrected chi connectivity index (χ2v) is 7.25. The number of thiol groups is 1. The molecule has 0 spiro atoms. The molecule has 0 bridgehead atoms. The van der Waals surface area contributed by atoms with Gasteiger partial charge in [-0.15, -0.1) is 0 Å². The molecule has 0 aromatic rings. The minimum absolute atomic E-state index is 0.214. The number of rotatable bonds is 13. The first-order valence-corrected chi connectivity index (χ1v) is 9.89. The van der Waals surface area contributed by atoms with Crippen LogP contribution in [0.5, 0.6) is 0 Å². The Morgan fingerprint density at radius 2 is 1.43 bits per heavy atom. The van der Waals surface area contributed by atoms with Gasteiger partial charge in [-0.1, -0.05) is 20.3 Å². The van der Waals surface area contributed by atoms with Gasteiger partial charge in [0, 0.05) is 5.75 Å². The Morgan fingerprint density at radius 3 is 1.83 bits per heavy atom. The van der Waals surface area contributed by atoms with Crippen molar-refractivity contribution >= 4 is 42.3 Å². The van der Waals surface area contributed by atoms with Gasteiger partial charge in [-0.2, -0.15) is 12.6 Å². The van der Waals surface area contributed by atoms with Crippen LogP contribution in [-0.2, 0) is 24.0 Å². The predicted octanol–water partition coefficient (Wildman–Crippen LogP) is -2.32. The van der Waals surface area contributed by atoms with E-state index in [9.17, 15) is 29.1 Å². The minimum Gasteiger partial charge on any atom is -0.481 e. The van der Waals surface area contributed by atoms with E-state index in [1.54, 1.807) is 13.8 Å². The van der Waals surface area contributed by atoms with Crippen molar-refractivity contribution in [2.75, 3.05) is 5.75 Å². The summed E-state index contributed by atoms with van der Waals surface area (Å²) in [6.07, 6.45) is -1.58. The fraction of sp³-hybridized carbons (Fsp3) is 0.706. The zero-order valence-electron chi connectivity index (χ0n) is 17.0. The molecule has 6 atom stereocenters.